The predicted octanol–water partition coefficient (Wildman–Crippen LogP) is 3.43. The summed E-state index contributed by atoms with van der Waals surface area (Å²) in [6, 6.07) is 19.3. The summed E-state index contributed by atoms with van der Waals surface area (Å²) in [5.74, 6) is 0. The van der Waals surface area contributed by atoms with Crippen LogP contribution in [0.2, 0.25) is 0 Å². The van der Waals surface area contributed by atoms with Crippen molar-refractivity contribution in [1.82, 2.24) is 10.3 Å². The molecule has 0 radical (unpaired) electrons. The molecular formula is C17H14N2. The van der Waals surface area contributed by atoms with Gasteiger partial charge in [0.15, 0.2) is 0 Å². The Morgan fingerprint density at radius 2 is 1.74 bits per heavy atom. The van der Waals surface area contributed by atoms with Gasteiger partial charge in [0.25, 0.3) is 0 Å². The Kier molecular flexibility index (Phi) is 2.35. The van der Waals surface area contributed by atoms with Gasteiger partial charge in [-0.25, -0.2) is 0 Å². The van der Waals surface area contributed by atoms with E-state index in [-0.39, 0.29) is 6.04 Å². The summed E-state index contributed by atoms with van der Waals surface area (Å²) in [6.45, 7) is 0.926. The minimum atomic E-state index is 0.223. The number of hydrogen-bond donors (Lipinski definition) is 1. The summed E-state index contributed by atoms with van der Waals surface area (Å²) in [4.78, 5) is 4.63. The number of rotatable bonds is 1. The first-order valence-electron chi connectivity index (χ1n) is 6.58. The van der Waals surface area contributed by atoms with Crippen LogP contribution in [0.5, 0.6) is 0 Å². The van der Waals surface area contributed by atoms with E-state index in [1.54, 1.807) is 0 Å². The first kappa shape index (κ1) is 10.7. The van der Waals surface area contributed by atoms with Crippen molar-refractivity contribution in [3.8, 4) is 0 Å². The molecule has 0 fully saturated rings. The van der Waals surface area contributed by atoms with Crippen LogP contribution in [0.4, 0.5) is 0 Å². The summed E-state index contributed by atoms with van der Waals surface area (Å²) in [5.41, 5.74) is 3.83. The van der Waals surface area contributed by atoms with Crippen molar-refractivity contribution in [2.45, 2.75) is 12.6 Å². The lowest BCUT2D eigenvalue weighted by Gasteiger charge is -2.12. The molecule has 2 nitrogen and oxygen atoms in total. The van der Waals surface area contributed by atoms with Crippen molar-refractivity contribution in [2.24, 2.45) is 0 Å². The molecule has 1 atom stereocenters. The molecule has 2 heteroatoms. The molecule has 0 bridgehead atoms. The lowest BCUT2D eigenvalue weighted by atomic mass is 10.0. The molecule has 1 aliphatic rings. The predicted molar refractivity (Wildman–Crippen MR) is 76.9 cm³/mol. The van der Waals surface area contributed by atoms with Crippen LogP contribution in [-0.2, 0) is 6.54 Å². The standard InChI is InChI=1S/C17H14N2/c1-2-6-13-10-18-16(9-12(13)5-1)17-15-8-4-3-7-14(15)11-19-17/h1-10,17,19H,11H2. The number of nitrogens with one attached hydrogen (secondary N) is 1. The molecule has 0 spiro atoms. The van der Waals surface area contributed by atoms with Crippen LogP contribution >= 0.6 is 0 Å². The van der Waals surface area contributed by atoms with Crippen LogP contribution in [0.15, 0.2) is 60.8 Å². The molecule has 2 heterocycles. The van der Waals surface area contributed by atoms with Crippen LogP contribution < -0.4 is 5.32 Å². The number of benzene rings is 2. The Bertz CT molecular complexity index is 749. The second-order valence-electron chi connectivity index (χ2n) is 4.97. The molecule has 2 aromatic carbocycles. The molecule has 1 aromatic heterocycles. The number of nitrogens with zero attached hydrogens (tertiary/aromatic N) is 1. The summed E-state index contributed by atoms with van der Waals surface area (Å²) in [6.07, 6.45) is 1.97. The van der Waals surface area contributed by atoms with E-state index in [1.807, 2.05) is 12.3 Å². The molecule has 92 valence electrons. The zero-order chi connectivity index (χ0) is 12.7. The Morgan fingerprint density at radius 1 is 0.947 bits per heavy atom. The summed E-state index contributed by atoms with van der Waals surface area (Å²) in [7, 11) is 0. The molecule has 0 saturated heterocycles. The number of aromatic nitrogens is 1. The zero-order valence-electron chi connectivity index (χ0n) is 10.5. The summed E-state index contributed by atoms with van der Waals surface area (Å²) in [5, 5.41) is 5.98. The first-order valence-corrected chi connectivity index (χ1v) is 6.58. The Hall–Kier alpha value is -2.19. The second kappa shape index (κ2) is 4.18. The Labute approximate surface area is 112 Å². The monoisotopic (exact) mass is 246 g/mol. The van der Waals surface area contributed by atoms with E-state index in [9.17, 15) is 0 Å². The van der Waals surface area contributed by atoms with Crippen LogP contribution in [0, 0.1) is 0 Å². The van der Waals surface area contributed by atoms with Gasteiger partial charge in [-0.3, -0.25) is 4.98 Å². The average molecular weight is 246 g/mol. The van der Waals surface area contributed by atoms with Gasteiger partial charge in [-0.15, -0.1) is 0 Å². The summed E-state index contributed by atoms with van der Waals surface area (Å²) < 4.78 is 0. The molecule has 0 saturated carbocycles. The van der Waals surface area contributed by atoms with E-state index in [4.69, 9.17) is 0 Å². The molecule has 1 aliphatic heterocycles. The zero-order valence-corrected chi connectivity index (χ0v) is 10.5. The van der Waals surface area contributed by atoms with Crippen molar-refractivity contribution in [2.75, 3.05) is 0 Å². The van der Waals surface area contributed by atoms with Gasteiger partial charge in [-0.05, 0) is 22.6 Å². The van der Waals surface area contributed by atoms with Crippen molar-refractivity contribution in [3.05, 3.63) is 77.6 Å². The quantitative estimate of drug-likeness (QED) is 0.711. The lowest BCUT2D eigenvalue weighted by Crippen LogP contribution is -2.14. The minimum Gasteiger partial charge on any atom is -0.301 e. The third-order valence-electron chi connectivity index (χ3n) is 3.81. The number of hydrogen-bond acceptors (Lipinski definition) is 2. The fourth-order valence-corrected chi connectivity index (χ4v) is 2.82. The van der Waals surface area contributed by atoms with E-state index in [1.165, 1.54) is 21.9 Å². The smallest absolute Gasteiger partial charge is 0.0757 e. The molecule has 0 aliphatic carbocycles. The topological polar surface area (TPSA) is 24.9 Å². The highest BCUT2D eigenvalue weighted by molar-refractivity contribution is 5.82. The van der Waals surface area contributed by atoms with Gasteiger partial charge in [0, 0.05) is 18.1 Å². The van der Waals surface area contributed by atoms with Crippen molar-refractivity contribution < 1.29 is 0 Å². The van der Waals surface area contributed by atoms with E-state index < -0.39 is 0 Å². The van der Waals surface area contributed by atoms with E-state index in [2.05, 4.69) is 58.8 Å². The molecule has 0 amide bonds. The van der Waals surface area contributed by atoms with E-state index in [0.29, 0.717) is 0 Å². The Balaban J connectivity index is 1.83. The van der Waals surface area contributed by atoms with E-state index >= 15 is 0 Å². The Morgan fingerprint density at radius 3 is 2.68 bits per heavy atom. The largest absolute Gasteiger partial charge is 0.301 e. The molecule has 4 rings (SSSR count). The highest BCUT2D eigenvalue weighted by Gasteiger charge is 2.23. The fourth-order valence-electron chi connectivity index (χ4n) is 2.82. The SMILES string of the molecule is c1ccc2c(c1)CNC2c1cc2ccccc2cn1. The van der Waals surface area contributed by atoms with E-state index in [0.717, 1.165) is 12.2 Å². The molecular weight excluding hydrogens is 232 g/mol. The molecule has 1 unspecified atom stereocenters. The third-order valence-corrected chi connectivity index (χ3v) is 3.81. The van der Waals surface area contributed by atoms with Gasteiger partial charge in [0.2, 0.25) is 0 Å². The van der Waals surface area contributed by atoms with Crippen LogP contribution in [0.25, 0.3) is 10.8 Å². The molecule has 3 aromatic rings. The highest BCUT2D eigenvalue weighted by Crippen LogP contribution is 2.30. The minimum absolute atomic E-state index is 0.223. The molecule has 19 heavy (non-hydrogen) atoms. The number of fused-ring (bicyclic) bond motifs is 2. The maximum absolute atomic E-state index is 4.63. The third kappa shape index (κ3) is 1.72. The van der Waals surface area contributed by atoms with Gasteiger partial charge in [-0.2, -0.15) is 0 Å². The first-order chi connectivity index (χ1) is 9.42. The van der Waals surface area contributed by atoms with Gasteiger partial charge < -0.3 is 5.32 Å². The van der Waals surface area contributed by atoms with Crippen LogP contribution in [0.1, 0.15) is 22.9 Å². The van der Waals surface area contributed by atoms with Crippen molar-refractivity contribution >= 4 is 10.8 Å². The van der Waals surface area contributed by atoms with Crippen LogP contribution in [-0.4, -0.2) is 4.98 Å². The van der Waals surface area contributed by atoms with Crippen molar-refractivity contribution in [3.63, 3.8) is 0 Å². The van der Waals surface area contributed by atoms with Gasteiger partial charge >= 0.3 is 0 Å². The normalized spacial score (nSPS) is 17.6. The lowest BCUT2D eigenvalue weighted by molar-refractivity contribution is 0.651. The van der Waals surface area contributed by atoms with Crippen molar-refractivity contribution in [1.29, 1.82) is 0 Å². The summed E-state index contributed by atoms with van der Waals surface area (Å²) >= 11 is 0. The van der Waals surface area contributed by atoms with Gasteiger partial charge in [0.05, 0.1) is 11.7 Å². The van der Waals surface area contributed by atoms with Gasteiger partial charge in [0.1, 0.15) is 0 Å². The van der Waals surface area contributed by atoms with Gasteiger partial charge in [-0.1, -0.05) is 48.5 Å². The maximum atomic E-state index is 4.63. The number of pyridine rings is 1. The average Bonchev–Trinajstić information content (AvgIpc) is 2.91. The molecule has 1 N–H and O–H groups in total. The maximum Gasteiger partial charge on any atom is 0.0757 e. The fraction of sp³-hybridized carbons (Fsp3) is 0.118. The van der Waals surface area contributed by atoms with Crippen LogP contribution in [0.3, 0.4) is 0 Å². The second-order valence-corrected chi connectivity index (χ2v) is 4.97. The highest BCUT2D eigenvalue weighted by atomic mass is 15.0.